The fourth-order valence-corrected chi connectivity index (χ4v) is 1.88. The highest BCUT2D eigenvalue weighted by Gasteiger charge is 2.09. The van der Waals surface area contributed by atoms with Crippen molar-refractivity contribution in [2.45, 2.75) is 19.4 Å². The van der Waals surface area contributed by atoms with E-state index in [1.54, 1.807) is 6.20 Å². The van der Waals surface area contributed by atoms with E-state index >= 15 is 0 Å². The number of likely N-dealkylation sites (N-methyl/N-ethyl adjacent to an activating group) is 1. The summed E-state index contributed by atoms with van der Waals surface area (Å²) in [6, 6.07) is 8.21. The Morgan fingerprint density at radius 1 is 1.35 bits per heavy atom. The molecule has 0 bridgehead atoms. The molecule has 0 saturated carbocycles. The Bertz CT molecular complexity index is 492. The Hall–Kier alpha value is -1.68. The third-order valence-electron chi connectivity index (χ3n) is 2.97. The number of hydrogen-bond donors (Lipinski definition) is 1. The van der Waals surface area contributed by atoms with Crippen molar-refractivity contribution >= 4 is 16.6 Å². The summed E-state index contributed by atoms with van der Waals surface area (Å²) in [5.74, 6) is 0. The molecule has 1 atom stereocenters. The molecule has 0 fully saturated rings. The minimum absolute atomic E-state index is 0.187. The van der Waals surface area contributed by atoms with Crippen LogP contribution in [0.3, 0.4) is 0 Å². The molecular formula is C13H18N4. The van der Waals surface area contributed by atoms with Crippen molar-refractivity contribution in [2.75, 3.05) is 18.5 Å². The zero-order valence-electron chi connectivity index (χ0n) is 10.3. The highest BCUT2D eigenvalue weighted by molar-refractivity contribution is 5.90. The molecule has 1 heterocycles. The molecule has 90 valence electrons. The first kappa shape index (κ1) is 11.8. The highest BCUT2D eigenvalue weighted by Crippen LogP contribution is 2.22. The normalized spacial score (nSPS) is 12.6. The molecule has 0 aliphatic heterocycles. The lowest BCUT2D eigenvalue weighted by Gasteiger charge is -2.23. The van der Waals surface area contributed by atoms with Gasteiger partial charge in [-0.1, -0.05) is 25.1 Å². The molecule has 0 amide bonds. The summed E-state index contributed by atoms with van der Waals surface area (Å²) >= 11 is 0. The summed E-state index contributed by atoms with van der Waals surface area (Å²) in [6.07, 6.45) is 2.77. The van der Waals surface area contributed by atoms with Crippen LogP contribution in [0.4, 0.5) is 5.69 Å². The van der Waals surface area contributed by atoms with Crippen molar-refractivity contribution in [3.05, 3.63) is 30.5 Å². The molecule has 2 N–H and O–H groups in total. The van der Waals surface area contributed by atoms with E-state index in [9.17, 15) is 0 Å². The van der Waals surface area contributed by atoms with Crippen molar-refractivity contribution in [3.63, 3.8) is 0 Å². The standard InChI is InChI=1S/C13H18N4/c1-3-10(14)9-17(2)13-8-15-16-12-7-5-4-6-11(12)13/h4-8,10H,3,9,14H2,1-2H3/t10-/m1/s1. The van der Waals surface area contributed by atoms with Gasteiger partial charge in [-0.25, -0.2) is 0 Å². The van der Waals surface area contributed by atoms with Crippen LogP contribution in [0.2, 0.25) is 0 Å². The zero-order chi connectivity index (χ0) is 12.3. The lowest BCUT2D eigenvalue weighted by Crippen LogP contribution is -2.34. The fraction of sp³-hybridized carbons (Fsp3) is 0.385. The molecule has 1 aromatic heterocycles. The Balaban J connectivity index is 2.34. The molecule has 1 aromatic carbocycles. The zero-order valence-corrected chi connectivity index (χ0v) is 10.3. The van der Waals surface area contributed by atoms with Gasteiger partial charge in [0.15, 0.2) is 0 Å². The van der Waals surface area contributed by atoms with Gasteiger partial charge in [-0.15, -0.1) is 0 Å². The van der Waals surface area contributed by atoms with Crippen LogP contribution in [0, 0.1) is 0 Å². The minimum Gasteiger partial charge on any atom is -0.371 e. The molecule has 0 radical (unpaired) electrons. The minimum atomic E-state index is 0.187. The second-order valence-electron chi connectivity index (χ2n) is 4.30. The van der Waals surface area contributed by atoms with E-state index in [0.717, 1.165) is 29.6 Å². The summed E-state index contributed by atoms with van der Waals surface area (Å²) in [7, 11) is 2.04. The van der Waals surface area contributed by atoms with E-state index in [1.165, 1.54) is 0 Å². The van der Waals surface area contributed by atoms with E-state index in [1.807, 2.05) is 25.2 Å². The van der Waals surface area contributed by atoms with Crippen LogP contribution < -0.4 is 10.6 Å². The quantitative estimate of drug-likeness (QED) is 0.870. The number of hydrogen-bond acceptors (Lipinski definition) is 4. The van der Waals surface area contributed by atoms with Crippen LogP contribution in [0.1, 0.15) is 13.3 Å². The van der Waals surface area contributed by atoms with Gasteiger partial charge in [0.2, 0.25) is 0 Å². The third-order valence-corrected chi connectivity index (χ3v) is 2.97. The third kappa shape index (κ3) is 2.53. The van der Waals surface area contributed by atoms with Gasteiger partial charge in [0.25, 0.3) is 0 Å². The van der Waals surface area contributed by atoms with Gasteiger partial charge in [0.05, 0.1) is 17.4 Å². The summed E-state index contributed by atoms with van der Waals surface area (Å²) in [6.45, 7) is 2.92. The van der Waals surface area contributed by atoms with E-state index in [2.05, 4.69) is 28.1 Å². The summed E-state index contributed by atoms with van der Waals surface area (Å²) < 4.78 is 0. The van der Waals surface area contributed by atoms with Gasteiger partial charge < -0.3 is 10.6 Å². The molecule has 17 heavy (non-hydrogen) atoms. The number of fused-ring (bicyclic) bond motifs is 1. The van der Waals surface area contributed by atoms with Crippen LogP contribution >= 0.6 is 0 Å². The smallest absolute Gasteiger partial charge is 0.0950 e. The van der Waals surface area contributed by atoms with E-state index in [0.29, 0.717) is 0 Å². The Kier molecular flexibility index (Phi) is 3.54. The van der Waals surface area contributed by atoms with Crippen LogP contribution in [-0.2, 0) is 0 Å². The molecule has 4 heteroatoms. The first-order valence-electron chi connectivity index (χ1n) is 5.89. The number of nitrogens with zero attached hydrogens (tertiary/aromatic N) is 3. The van der Waals surface area contributed by atoms with Crippen molar-refractivity contribution in [1.82, 2.24) is 10.2 Å². The molecule has 2 rings (SSSR count). The van der Waals surface area contributed by atoms with Crippen LogP contribution in [0.25, 0.3) is 10.9 Å². The molecule has 0 saturated heterocycles. The number of rotatable bonds is 4. The van der Waals surface area contributed by atoms with Crippen molar-refractivity contribution in [2.24, 2.45) is 5.73 Å². The largest absolute Gasteiger partial charge is 0.371 e. The van der Waals surface area contributed by atoms with Crippen molar-refractivity contribution in [3.8, 4) is 0 Å². The summed E-state index contributed by atoms with van der Waals surface area (Å²) in [5, 5.41) is 9.27. The lowest BCUT2D eigenvalue weighted by molar-refractivity contribution is 0.639. The number of benzene rings is 1. The van der Waals surface area contributed by atoms with E-state index in [-0.39, 0.29) is 6.04 Å². The molecular weight excluding hydrogens is 212 g/mol. The lowest BCUT2D eigenvalue weighted by atomic mass is 10.1. The Labute approximate surface area is 101 Å². The SMILES string of the molecule is CC[C@@H](N)CN(C)c1cnnc2ccccc12. The van der Waals surface area contributed by atoms with Gasteiger partial charge >= 0.3 is 0 Å². The van der Waals surface area contributed by atoms with Gasteiger partial charge in [-0.05, 0) is 12.5 Å². The monoisotopic (exact) mass is 230 g/mol. The number of nitrogens with two attached hydrogens (primary N) is 1. The average molecular weight is 230 g/mol. The van der Waals surface area contributed by atoms with Gasteiger partial charge in [-0.2, -0.15) is 10.2 Å². The van der Waals surface area contributed by atoms with E-state index in [4.69, 9.17) is 5.73 Å². The maximum Gasteiger partial charge on any atom is 0.0950 e. The molecule has 0 unspecified atom stereocenters. The Morgan fingerprint density at radius 3 is 2.88 bits per heavy atom. The maximum absolute atomic E-state index is 5.98. The topological polar surface area (TPSA) is 55.0 Å². The van der Waals surface area contributed by atoms with E-state index < -0.39 is 0 Å². The predicted molar refractivity (Wildman–Crippen MR) is 71.1 cm³/mol. The van der Waals surface area contributed by atoms with Gasteiger partial charge in [-0.3, -0.25) is 0 Å². The highest BCUT2D eigenvalue weighted by atomic mass is 15.2. The first-order chi connectivity index (χ1) is 8.22. The summed E-state index contributed by atoms with van der Waals surface area (Å²) in [4.78, 5) is 2.14. The second-order valence-corrected chi connectivity index (χ2v) is 4.30. The predicted octanol–water partition coefficient (Wildman–Crippen LogP) is 1.80. The van der Waals surface area contributed by atoms with Gasteiger partial charge in [0.1, 0.15) is 0 Å². The van der Waals surface area contributed by atoms with Crippen molar-refractivity contribution in [1.29, 1.82) is 0 Å². The molecule has 0 aliphatic rings. The fourth-order valence-electron chi connectivity index (χ4n) is 1.88. The van der Waals surface area contributed by atoms with Crippen LogP contribution in [0.5, 0.6) is 0 Å². The summed E-state index contributed by atoms with van der Waals surface area (Å²) in [5.41, 5.74) is 7.98. The molecule has 2 aromatic rings. The second kappa shape index (κ2) is 5.10. The van der Waals surface area contributed by atoms with Crippen LogP contribution in [-0.4, -0.2) is 29.8 Å². The molecule has 4 nitrogen and oxygen atoms in total. The first-order valence-corrected chi connectivity index (χ1v) is 5.89. The Morgan fingerprint density at radius 2 is 2.12 bits per heavy atom. The number of aromatic nitrogens is 2. The average Bonchev–Trinajstić information content (AvgIpc) is 2.37. The van der Waals surface area contributed by atoms with Gasteiger partial charge in [0, 0.05) is 25.0 Å². The molecule has 0 spiro atoms. The van der Waals surface area contributed by atoms with Crippen LogP contribution in [0.15, 0.2) is 30.5 Å². The number of anilines is 1. The maximum atomic E-state index is 5.98. The molecule has 0 aliphatic carbocycles. The van der Waals surface area contributed by atoms with Crippen molar-refractivity contribution < 1.29 is 0 Å².